The minimum Gasteiger partial charge on any atom is -0.356 e. The van der Waals surface area contributed by atoms with Gasteiger partial charge in [-0.1, -0.05) is 0 Å². The smallest absolute Gasteiger partial charge is 0.356 e. The first kappa shape index (κ1) is 16.8. The largest absolute Gasteiger partial charge is 0.391 e. The lowest BCUT2D eigenvalue weighted by atomic mass is 9.81. The first-order chi connectivity index (χ1) is 8.47. The third-order valence-electron chi connectivity index (χ3n) is 3.92. The Hall–Kier alpha value is -0.210. The molecule has 1 N–H and O–H groups in total. The van der Waals surface area contributed by atoms with Crippen LogP contribution in [-0.4, -0.2) is 43.7 Å². The summed E-state index contributed by atoms with van der Waals surface area (Å²) in [5.74, 6) is 0.147. The van der Waals surface area contributed by atoms with Crippen LogP contribution in [0.3, 0.4) is 0 Å². The van der Waals surface area contributed by atoms with Gasteiger partial charge in [0.2, 0.25) is 0 Å². The lowest BCUT2D eigenvalue weighted by Crippen LogP contribution is -2.39. The lowest BCUT2D eigenvalue weighted by Gasteiger charge is -2.30. The van der Waals surface area contributed by atoms with Crippen LogP contribution in [0.2, 0.25) is 0 Å². The van der Waals surface area contributed by atoms with Crippen LogP contribution >= 0.6 is 24.0 Å². The molecule has 0 saturated heterocycles. The van der Waals surface area contributed by atoms with Gasteiger partial charge in [-0.05, 0) is 31.6 Å². The average molecular weight is 391 g/mol. The zero-order chi connectivity index (χ0) is 13.2. The number of likely N-dealkylation sites (N-methyl/N-ethyl adjacent to an activating group) is 1. The van der Waals surface area contributed by atoms with Crippen molar-refractivity contribution in [2.45, 2.75) is 31.9 Å². The molecule has 0 atom stereocenters. The van der Waals surface area contributed by atoms with Gasteiger partial charge in [-0.2, -0.15) is 13.2 Å². The highest BCUT2D eigenvalue weighted by Gasteiger charge is 2.41. The summed E-state index contributed by atoms with van der Waals surface area (Å²) in [5, 5.41) is 3.25. The summed E-state index contributed by atoms with van der Waals surface area (Å²) in [6, 6.07) is 0. The van der Waals surface area contributed by atoms with Crippen molar-refractivity contribution in [3.05, 3.63) is 0 Å². The first-order valence-electron chi connectivity index (χ1n) is 6.53. The van der Waals surface area contributed by atoms with Crippen LogP contribution < -0.4 is 5.32 Å². The topological polar surface area (TPSA) is 27.6 Å². The van der Waals surface area contributed by atoms with E-state index in [-0.39, 0.29) is 36.8 Å². The number of nitrogens with zero attached hydrogens (tertiary/aromatic N) is 2. The quantitative estimate of drug-likeness (QED) is 0.734. The molecule has 112 valence electrons. The van der Waals surface area contributed by atoms with Gasteiger partial charge in [-0.3, -0.25) is 4.99 Å². The Bertz CT molecular complexity index is 312. The Balaban J connectivity index is 0.00000180. The number of rotatable bonds is 2. The monoisotopic (exact) mass is 391 g/mol. The van der Waals surface area contributed by atoms with Crippen LogP contribution in [0.4, 0.5) is 13.2 Å². The van der Waals surface area contributed by atoms with E-state index in [0.717, 1.165) is 25.6 Å². The first-order valence-corrected chi connectivity index (χ1v) is 6.53. The highest BCUT2D eigenvalue weighted by Crippen LogP contribution is 2.39. The summed E-state index contributed by atoms with van der Waals surface area (Å²) in [4.78, 5) is 6.35. The Morgan fingerprint density at radius 2 is 1.89 bits per heavy atom. The average Bonchev–Trinajstić information content (AvgIpc) is 2.72. The second-order valence-electron chi connectivity index (χ2n) is 5.27. The maximum atomic E-state index is 12.5. The normalized spacial score (nSPS) is 27.8. The van der Waals surface area contributed by atoms with Crippen molar-refractivity contribution in [3.63, 3.8) is 0 Å². The number of nitrogens with one attached hydrogen (secondary N) is 1. The van der Waals surface area contributed by atoms with E-state index in [1.807, 2.05) is 11.9 Å². The summed E-state index contributed by atoms with van der Waals surface area (Å²) in [6.07, 6.45) is -2.13. The van der Waals surface area contributed by atoms with Crippen molar-refractivity contribution in [1.29, 1.82) is 0 Å². The van der Waals surface area contributed by atoms with Crippen LogP contribution in [0.5, 0.6) is 0 Å². The molecule has 1 saturated carbocycles. The third kappa shape index (κ3) is 4.68. The zero-order valence-electron chi connectivity index (χ0n) is 11.0. The molecule has 0 bridgehead atoms. The Labute approximate surface area is 129 Å². The lowest BCUT2D eigenvalue weighted by molar-refractivity contribution is -0.183. The maximum Gasteiger partial charge on any atom is 0.391 e. The van der Waals surface area contributed by atoms with Gasteiger partial charge in [0.15, 0.2) is 5.96 Å². The molecule has 0 amide bonds. The molecular weight excluding hydrogens is 370 g/mol. The molecule has 1 heterocycles. The summed E-state index contributed by atoms with van der Waals surface area (Å²) >= 11 is 0. The van der Waals surface area contributed by atoms with Crippen LogP contribution in [0.15, 0.2) is 4.99 Å². The molecule has 0 aromatic rings. The standard InChI is InChI=1S/C12H20F3N3.HI/c1-18-7-6-16-11(18)17-8-9-2-4-10(5-3-9)12(13,14)15;/h9-10H,2-8H2,1H3,(H,16,17);1H. The van der Waals surface area contributed by atoms with Crippen molar-refractivity contribution in [1.82, 2.24) is 10.2 Å². The number of hydrogen-bond donors (Lipinski definition) is 1. The predicted molar refractivity (Wildman–Crippen MR) is 79.9 cm³/mol. The van der Waals surface area contributed by atoms with E-state index in [9.17, 15) is 13.2 Å². The number of guanidine groups is 1. The fourth-order valence-electron chi connectivity index (χ4n) is 2.65. The van der Waals surface area contributed by atoms with E-state index in [1.54, 1.807) is 0 Å². The van der Waals surface area contributed by atoms with E-state index in [0.29, 0.717) is 18.8 Å². The zero-order valence-corrected chi connectivity index (χ0v) is 13.4. The molecule has 1 fully saturated rings. The summed E-state index contributed by atoms with van der Waals surface area (Å²) in [7, 11) is 1.97. The second kappa shape index (κ2) is 6.99. The van der Waals surface area contributed by atoms with E-state index in [4.69, 9.17) is 0 Å². The number of alkyl halides is 3. The molecule has 0 aromatic heterocycles. The fourth-order valence-corrected chi connectivity index (χ4v) is 2.65. The van der Waals surface area contributed by atoms with Crippen LogP contribution in [0, 0.1) is 11.8 Å². The molecule has 2 rings (SSSR count). The van der Waals surface area contributed by atoms with Crippen LogP contribution in [0.1, 0.15) is 25.7 Å². The molecule has 1 aliphatic carbocycles. The van der Waals surface area contributed by atoms with Gasteiger partial charge in [0.05, 0.1) is 12.5 Å². The predicted octanol–water partition coefficient (Wildman–Crippen LogP) is 2.86. The minimum absolute atomic E-state index is 0. The van der Waals surface area contributed by atoms with Gasteiger partial charge in [0.1, 0.15) is 0 Å². The highest BCUT2D eigenvalue weighted by molar-refractivity contribution is 14.0. The van der Waals surface area contributed by atoms with Gasteiger partial charge in [-0.15, -0.1) is 24.0 Å². The summed E-state index contributed by atoms with van der Waals surface area (Å²) < 4.78 is 37.5. The van der Waals surface area contributed by atoms with Crippen molar-refractivity contribution in [3.8, 4) is 0 Å². The fraction of sp³-hybridized carbons (Fsp3) is 0.917. The third-order valence-corrected chi connectivity index (χ3v) is 3.92. The molecule has 0 aromatic carbocycles. The van der Waals surface area contributed by atoms with Crippen molar-refractivity contribution < 1.29 is 13.2 Å². The number of aliphatic imine (C=N–C) groups is 1. The van der Waals surface area contributed by atoms with Crippen LogP contribution in [-0.2, 0) is 0 Å². The molecule has 0 radical (unpaired) electrons. The number of halogens is 4. The van der Waals surface area contributed by atoms with Crippen molar-refractivity contribution >= 4 is 29.9 Å². The molecule has 19 heavy (non-hydrogen) atoms. The Morgan fingerprint density at radius 3 is 2.37 bits per heavy atom. The molecular formula is C12H21F3IN3. The molecule has 7 heteroatoms. The van der Waals surface area contributed by atoms with Gasteiger partial charge >= 0.3 is 6.18 Å². The van der Waals surface area contributed by atoms with Crippen molar-refractivity contribution in [2.24, 2.45) is 16.8 Å². The van der Waals surface area contributed by atoms with Gasteiger partial charge < -0.3 is 10.2 Å². The Morgan fingerprint density at radius 1 is 1.26 bits per heavy atom. The Kier molecular flexibility index (Phi) is 6.19. The van der Waals surface area contributed by atoms with E-state index in [2.05, 4.69) is 10.3 Å². The van der Waals surface area contributed by atoms with Crippen LogP contribution in [0.25, 0.3) is 0 Å². The van der Waals surface area contributed by atoms with E-state index >= 15 is 0 Å². The molecule has 0 unspecified atom stereocenters. The molecule has 3 nitrogen and oxygen atoms in total. The molecule has 1 aliphatic heterocycles. The van der Waals surface area contributed by atoms with Gasteiger partial charge in [0, 0.05) is 20.1 Å². The van der Waals surface area contributed by atoms with E-state index < -0.39 is 12.1 Å². The SMILES string of the molecule is CN1CCN=C1NCC1CCC(C(F)(F)F)CC1.I. The maximum absolute atomic E-state index is 12.5. The van der Waals surface area contributed by atoms with Crippen molar-refractivity contribution in [2.75, 3.05) is 26.7 Å². The molecule has 0 spiro atoms. The van der Waals surface area contributed by atoms with E-state index in [1.165, 1.54) is 0 Å². The van der Waals surface area contributed by atoms with Gasteiger partial charge in [-0.25, -0.2) is 0 Å². The number of hydrogen-bond acceptors (Lipinski definition) is 3. The second-order valence-corrected chi connectivity index (χ2v) is 5.27. The molecule has 2 aliphatic rings. The van der Waals surface area contributed by atoms with Gasteiger partial charge in [0.25, 0.3) is 0 Å². The summed E-state index contributed by atoms with van der Waals surface area (Å²) in [5.41, 5.74) is 0. The minimum atomic E-state index is -4.01. The highest BCUT2D eigenvalue weighted by atomic mass is 127. The summed E-state index contributed by atoms with van der Waals surface area (Å²) in [6.45, 7) is 2.47.